The minimum Gasteiger partial charge on any atom is -0.379 e. The summed E-state index contributed by atoms with van der Waals surface area (Å²) in [6, 6.07) is 1.95. The number of aromatic nitrogens is 2. The molecule has 2 heterocycles. The Balaban J connectivity index is 0.00000288. The maximum absolute atomic E-state index is 5.36. The van der Waals surface area contributed by atoms with Crippen LogP contribution in [0.2, 0.25) is 0 Å². The second kappa shape index (κ2) is 13.4. The van der Waals surface area contributed by atoms with Gasteiger partial charge in [0.25, 0.3) is 0 Å². The van der Waals surface area contributed by atoms with Crippen molar-refractivity contribution in [3.05, 3.63) is 18.5 Å². The Labute approximate surface area is 162 Å². The van der Waals surface area contributed by atoms with E-state index in [-0.39, 0.29) is 24.0 Å². The lowest BCUT2D eigenvalue weighted by atomic mass is 10.3. The van der Waals surface area contributed by atoms with E-state index in [2.05, 4.69) is 25.6 Å². The first-order chi connectivity index (χ1) is 11.4. The third kappa shape index (κ3) is 8.84. The summed E-state index contributed by atoms with van der Waals surface area (Å²) in [5.41, 5.74) is 0. The smallest absolute Gasteiger partial charge is 0.190 e. The van der Waals surface area contributed by atoms with E-state index in [1.54, 1.807) is 0 Å². The molecule has 0 bridgehead atoms. The number of unbranched alkanes of at least 4 members (excludes halogenated alkanes) is 1. The molecule has 1 aliphatic rings. The summed E-state index contributed by atoms with van der Waals surface area (Å²) in [7, 11) is 1.82. The van der Waals surface area contributed by atoms with E-state index in [0.717, 1.165) is 64.7 Å². The van der Waals surface area contributed by atoms with Crippen molar-refractivity contribution in [2.75, 3.05) is 53.0 Å². The van der Waals surface area contributed by atoms with E-state index in [9.17, 15) is 0 Å². The zero-order valence-corrected chi connectivity index (χ0v) is 16.9. The predicted octanol–water partition coefficient (Wildman–Crippen LogP) is 1.17. The number of aliphatic imine (C=N–C) groups is 1. The summed E-state index contributed by atoms with van der Waals surface area (Å²) in [6.45, 7) is 7.87. The van der Waals surface area contributed by atoms with Crippen molar-refractivity contribution in [2.24, 2.45) is 4.99 Å². The first kappa shape index (κ1) is 21.2. The topological polar surface area (TPSA) is 66.7 Å². The zero-order chi connectivity index (χ0) is 16.2. The normalized spacial score (nSPS) is 15.8. The summed E-state index contributed by atoms with van der Waals surface area (Å²) in [5.74, 6) is 0.886. The van der Waals surface area contributed by atoms with Gasteiger partial charge in [-0.25, -0.2) is 0 Å². The largest absolute Gasteiger partial charge is 0.379 e. The number of ether oxygens (including phenoxy) is 1. The third-order valence-electron chi connectivity index (χ3n) is 3.94. The molecule has 0 radical (unpaired) electrons. The van der Waals surface area contributed by atoms with Gasteiger partial charge >= 0.3 is 0 Å². The Hall–Kier alpha value is -0.870. The SMILES string of the molecule is CN=C(NCCCCN1CCOCC1)NCCCn1cccn1.I. The van der Waals surface area contributed by atoms with Gasteiger partial charge in [-0.3, -0.25) is 14.6 Å². The van der Waals surface area contributed by atoms with Crippen molar-refractivity contribution < 1.29 is 4.74 Å². The molecule has 138 valence electrons. The fraction of sp³-hybridized carbons (Fsp3) is 0.750. The van der Waals surface area contributed by atoms with Gasteiger partial charge in [-0.05, 0) is 31.9 Å². The summed E-state index contributed by atoms with van der Waals surface area (Å²) in [6.07, 6.45) is 7.19. The molecule has 0 aromatic carbocycles. The summed E-state index contributed by atoms with van der Waals surface area (Å²) in [4.78, 5) is 6.73. The van der Waals surface area contributed by atoms with Crippen LogP contribution in [-0.4, -0.2) is 73.6 Å². The van der Waals surface area contributed by atoms with Gasteiger partial charge in [0.2, 0.25) is 0 Å². The standard InChI is InChI=1S/C16H30N6O.HI/c1-17-16(19-7-4-10-22-11-5-8-20-22)18-6-2-3-9-21-12-14-23-15-13-21;/h5,8,11H,2-4,6-7,9-10,12-15H2,1H3,(H2,17,18,19);1H. The van der Waals surface area contributed by atoms with E-state index in [1.807, 2.05) is 30.2 Å². The molecule has 0 saturated carbocycles. The van der Waals surface area contributed by atoms with E-state index in [1.165, 1.54) is 13.0 Å². The van der Waals surface area contributed by atoms with Gasteiger partial charge in [0.05, 0.1) is 13.2 Å². The van der Waals surface area contributed by atoms with Gasteiger partial charge in [0, 0.05) is 52.2 Å². The van der Waals surface area contributed by atoms with Gasteiger partial charge in [0.15, 0.2) is 5.96 Å². The highest BCUT2D eigenvalue weighted by Gasteiger charge is 2.08. The average molecular weight is 450 g/mol. The van der Waals surface area contributed by atoms with Crippen LogP contribution in [0.5, 0.6) is 0 Å². The maximum atomic E-state index is 5.36. The molecular formula is C16H31IN6O. The first-order valence-corrected chi connectivity index (χ1v) is 8.60. The molecule has 2 N–H and O–H groups in total. The third-order valence-corrected chi connectivity index (χ3v) is 3.94. The van der Waals surface area contributed by atoms with E-state index in [4.69, 9.17) is 4.74 Å². The fourth-order valence-electron chi connectivity index (χ4n) is 2.59. The number of morpholine rings is 1. The van der Waals surface area contributed by atoms with Crippen LogP contribution in [0.25, 0.3) is 0 Å². The van der Waals surface area contributed by atoms with Crippen LogP contribution in [0.1, 0.15) is 19.3 Å². The lowest BCUT2D eigenvalue weighted by molar-refractivity contribution is 0.0372. The minimum atomic E-state index is 0. The Bertz CT molecular complexity index is 434. The van der Waals surface area contributed by atoms with Gasteiger partial charge < -0.3 is 15.4 Å². The first-order valence-electron chi connectivity index (χ1n) is 8.60. The second-order valence-electron chi connectivity index (χ2n) is 5.71. The highest BCUT2D eigenvalue weighted by molar-refractivity contribution is 14.0. The molecule has 1 saturated heterocycles. The summed E-state index contributed by atoms with van der Waals surface area (Å²) in [5, 5.41) is 10.9. The lowest BCUT2D eigenvalue weighted by Crippen LogP contribution is -2.39. The van der Waals surface area contributed by atoms with Crippen LogP contribution >= 0.6 is 24.0 Å². The average Bonchev–Trinajstić information content (AvgIpc) is 3.11. The summed E-state index contributed by atoms with van der Waals surface area (Å²) >= 11 is 0. The number of nitrogens with one attached hydrogen (secondary N) is 2. The van der Waals surface area contributed by atoms with Gasteiger partial charge in [-0.1, -0.05) is 0 Å². The molecule has 0 unspecified atom stereocenters. The molecule has 0 spiro atoms. The minimum absolute atomic E-state index is 0. The quantitative estimate of drug-likeness (QED) is 0.256. The van der Waals surface area contributed by atoms with Crippen molar-refractivity contribution in [1.82, 2.24) is 25.3 Å². The number of nitrogens with zero attached hydrogens (tertiary/aromatic N) is 4. The van der Waals surface area contributed by atoms with Gasteiger partial charge in [-0.2, -0.15) is 5.10 Å². The molecule has 2 rings (SSSR count). The van der Waals surface area contributed by atoms with Crippen LogP contribution in [0.15, 0.2) is 23.5 Å². The number of hydrogen-bond acceptors (Lipinski definition) is 4. The highest BCUT2D eigenvalue weighted by Crippen LogP contribution is 1.99. The Morgan fingerprint density at radius 2 is 1.88 bits per heavy atom. The molecule has 1 aromatic heterocycles. The molecule has 0 atom stereocenters. The molecule has 0 amide bonds. The van der Waals surface area contributed by atoms with Crippen molar-refractivity contribution in [3.63, 3.8) is 0 Å². The monoisotopic (exact) mass is 450 g/mol. The predicted molar refractivity (Wildman–Crippen MR) is 108 cm³/mol. The molecule has 24 heavy (non-hydrogen) atoms. The summed E-state index contributed by atoms with van der Waals surface area (Å²) < 4.78 is 7.31. The molecular weight excluding hydrogens is 419 g/mol. The molecule has 8 heteroatoms. The Kier molecular flexibility index (Phi) is 11.8. The number of guanidine groups is 1. The molecule has 0 aliphatic carbocycles. The highest BCUT2D eigenvalue weighted by atomic mass is 127. The molecule has 1 fully saturated rings. The zero-order valence-electron chi connectivity index (χ0n) is 14.6. The molecule has 7 nitrogen and oxygen atoms in total. The van der Waals surface area contributed by atoms with Crippen LogP contribution < -0.4 is 10.6 Å². The van der Waals surface area contributed by atoms with Gasteiger partial charge in [-0.15, -0.1) is 24.0 Å². The van der Waals surface area contributed by atoms with Crippen LogP contribution in [0.4, 0.5) is 0 Å². The molecule has 1 aliphatic heterocycles. The Morgan fingerprint density at radius 3 is 2.54 bits per heavy atom. The van der Waals surface area contributed by atoms with Crippen LogP contribution in [-0.2, 0) is 11.3 Å². The van der Waals surface area contributed by atoms with Crippen molar-refractivity contribution >= 4 is 29.9 Å². The number of hydrogen-bond donors (Lipinski definition) is 2. The van der Waals surface area contributed by atoms with Crippen LogP contribution in [0, 0.1) is 0 Å². The van der Waals surface area contributed by atoms with E-state index in [0.29, 0.717) is 0 Å². The fourth-order valence-corrected chi connectivity index (χ4v) is 2.59. The number of rotatable bonds is 9. The number of aryl methyl sites for hydroxylation is 1. The van der Waals surface area contributed by atoms with Crippen molar-refractivity contribution in [3.8, 4) is 0 Å². The van der Waals surface area contributed by atoms with Gasteiger partial charge in [0.1, 0.15) is 0 Å². The second-order valence-corrected chi connectivity index (χ2v) is 5.71. The molecule has 1 aromatic rings. The van der Waals surface area contributed by atoms with E-state index < -0.39 is 0 Å². The van der Waals surface area contributed by atoms with Crippen molar-refractivity contribution in [1.29, 1.82) is 0 Å². The van der Waals surface area contributed by atoms with E-state index >= 15 is 0 Å². The van der Waals surface area contributed by atoms with Crippen LogP contribution in [0.3, 0.4) is 0 Å². The maximum Gasteiger partial charge on any atom is 0.190 e. The Morgan fingerprint density at radius 1 is 1.12 bits per heavy atom. The number of halogens is 1. The van der Waals surface area contributed by atoms with Crippen molar-refractivity contribution in [2.45, 2.75) is 25.8 Å². The lowest BCUT2D eigenvalue weighted by Gasteiger charge is -2.26.